The van der Waals surface area contributed by atoms with E-state index in [1.165, 1.54) is 0 Å². The summed E-state index contributed by atoms with van der Waals surface area (Å²) >= 11 is 16.6. The minimum absolute atomic E-state index is 0.0279. The van der Waals surface area contributed by atoms with Crippen LogP contribution in [-0.4, -0.2) is 27.5 Å². The summed E-state index contributed by atoms with van der Waals surface area (Å²) in [6, 6.07) is 19.5. The molecule has 1 unspecified atom stereocenters. The molecular formula is C19H18Cl3NO2. The molecule has 1 atom stereocenters. The van der Waals surface area contributed by atoms with Crippen molar-refractivity contribution in [1.29, 1.82) is 5.41 Å². The smallest absolute Gasteiger partial charge is 0.265 e. The van der Waals surface area contributed by atoms with Crippen molar-refractivity contribution in [3.63, 3.8) is 0 Å². The van der Waals surface area contributed by atoms with E-state index in [9.17, 15) is 5.11 Å². The van der Waals surface area contributed by atoms with Gasteiger partial charge in [0, 0.05) is 5.92 Å². The Bertz CT molecular complexity index is 660. The van der Waals surface area contributed by atoms with Gasteiger partial charge in [0.15, 0.2) is 0 Å². The Kier molecular flexibility index (Phi) is 7.33. The molecule has 0 saturated heterocycles. The number of hydrogen-bond acceptors (Lipinski definition) is 3. The molecule has 2 aromatic rings. The van der Waals surface area contributed by atoms with Gasteiger partial charge in [-0.3, -0.25) is 5.41 Å². The summed E-state index contributed by atoms with van der Waals surface area (Å²) in [7, 11) is 0. The largest absolute Gasteiger partial charge is 0.474 e. The molecule has 0 aliphatic carbocycles. The zero-order chi connectivity index (χ0) is 18.3. The van der Waals surface area contributed by atoms with E-state index in [0.29, 0.717) is 0 Å². The van der Waals surface area contributed by atoms with Crippen molar-refractivity contribution < 1.29 is 9.84 Å². The topological polar surface area (TPSA) is 53.3 Å². The second-order valence-corrected chi connectivity index (χ2v) is 7.64. The number of aliphatic hydroxyl groups is 1. The molecule has 0 fully saturated rings. The normalized spacial score (nSPS) is 13.2. The quantitative estimate of drug-likeness (QED) is 0.308. The SMILES string of the molecule is N=C(OC/C=C/C(O)C(c1ccccc1)c1ccccc1)C(Cl)(Cl)Cl. The van der Waals surface area contributed by atoms with Gasteiger partial charge in [-0.25, -0.2) is 0 Å². The highest BCUT2D eigenvalue weighted by atomic mass is 35.6. The highest BCUT2D eigenvalue weighted by Crippen LogP contribution is 2.29. The molecular weight excluding hydrogens is 381 g/mol. The molecule has 0 aromatic heterocycles. The third kappa shape index (κ3) is 6.05. The predicted octanol–water partition coefficient (Wildman–Crippen LogP) is 5.10. The van der Waals surface area contributed by atoms with Crippen molar-refractivity contribution in [2.75, 3.05) is 6.61 Å². The minimum atomic E-state index is -1.89. The van der Waals surface area contributed by atoms with Crippen LogP contribution in [0.2, 0.25) is 0 Å². The maximum absolute atomic E-state index is 10.7. The third-order valence-electron chi connectivity index (χ3n) is 3.57. The zero-order valence-electron chi connectivity index (χ0n) is 13.3. The van der Waals surface area contributed by atoms with Gasteiger partial charge in [0.1, 0.15) is 6.61 Å². The molecule has 0 radical (unpaired) electrons. The van der Waals surface area contributed by atoms with Crippen molar-refractivity contribution >= 4 is 40.7 Å². The molecule has 132 valence electrons. The van der Waals surface area contributed by atoms with E-state index in [2.05, 4.69) is 0 Å². The fraction of sp³-hybridized carbons (Fsp3) is 0.211. The van der Waals surface area contributed by atoms with Gasteiger partial charge >= 0.3 is 0 Å². The molecule has 2 N–H and O–H groups in total. The summed E-state index contributed by atoms with van der Waals surface area (Å²) in [5.74, 6) is -0.675. The van der Waals surface area contributed by atoms with Gasteiger partial charge in [-0.05, 0) is 17.2 Å². The van der Waals surface area contributed by atoms with Crippen LogP contribution < -0.4 is 0 Å². The number of alkyl halides is 3. The highest BCUT2D eigenvalue weighted by Gasteiger charge is 2.28. The number of ether oxygens (including phenoxy) is 1. The monoisotopic (exact) mass is 397 g/mol. The molecule has 0 saturated carbocycles. The van der Waals surface area contributed by atoms with Crippen molar-refractivity contribution in [2.24, 2.45) is 0 Å². The molecule has 0 bridgehead atoms. The van der Waals surface area contributed by atoms with Gasteiger partial charge in [0.25, 0.3) is 3.79 Å². The van der Waals surface area contributed by atoms with Crippen molar-refractivity contribution in [2.45, 2.75) is 15.8 Å². The average Bonchev–Trinajstić information content (AvgIpc) is 2.60. The van der Waals surface area contributed by atoms with E-state index in [-0.39, 0.29) is 12.5 Å². The third-order valence-corrected chi connectivity index (χ3v) is 4.09. The lowest BCUT2D eigenvalue weighted by molar-refractivity contribution is 0.203. The van der Waals surface area contributed by atoms with Crippen molar-refractivity contribution in [3.05, 3.63) is 83.9 Å². The van der Waals surface area contributed by atoms with E-state index in [4.69, 9.17) is 44.9 Å². The Hall–Kier alpha value is -1.52. The number of nitrogens with one attached hydrogen (secondary N) is 1. The fourth-order valence-corrected chi connectivity index (χ4v) is 2.59. The molecule has 6 heteroatoms. The number of halogens is 3. The van der Waals surface area contributed by atoms with Crippen LogP contribution in [0.5, 0.6) is 0 Å². The summed E-state index contributed by atoms with van der Waals surface area (Å²) < 4.78 is 3.15. The Morgan fingerprint density at radius 2 is 1.48 bits per heavy atom. The van der Waals surface area contributed by atoms with E-state index in [1.807, 2.05) is 60.7 Å². The summed E-state index contributed by atoms with van der Waals surface area (Å²) in [6.45, 7) is 0.0279. The number of hydrogen-bond donors (Lipinski definition) is 2. The van der Waals surface area contributed by atoms with Crippen LogP contribution in [0.3, 0.4) is 0 Å². The maximum atomic E-state index is 10.7. The van der Waals surface area contributed by atoms with Crippen LogP contribution in [0, 0.1) is 5.41 Å². The molecule has 3 nitrogen and oxygen atoms in total. The maximum Gasteiger partial charge on any atom is 0.265 e. The van der Waals surface area contributed by atoms with E-state index >= 15 is 0 Å². The highest BCUT2D eigenvalue weighted by molar-refractivity contribution is 6.76. The van der Waals surface area contributed by atoms with Crippen molar-refractivity contribution in [3.8, 4) is 0 Å². The standard InChI is InChI=1S/C19H18Cl3NO2/c20-19(21,22)18(23)25-13-7-12-16(24)17(14-8-3-1-4-9-14)15-10-5-2-6-11-15/h1-12,16-17,23-24H,13H2/b12-7+,23-18?. The lowest BCUT2D eigenvalue weighted by Crippen LogP contribution is -2.21. The first-order valence-corrected chi connectivity index (χ1v) is 8.76. The van der Waals surface area contributed by atoms with Gasteiger partial charge in [0.2, 0.25) is 5.90 Å². The second-order valence-electron chi connectivity index (χ2n) is 5.36. The number of benzene rings is 2. The first-order chi connectivity index (χ1) is 11.9. The summed E-state index contributed by atoms with van der Waals surface area (Å²) in [5, 5.41) is 18.1. The zero-order valence-corrected chi connectivity index (χ0v) is 15.5. The molecule has 2 rings (SSSR count). The van der Waals surface area contributed by atoms with Gasteiger partial charge < -0.3 is 9.84 Å². The van der Waals surface area contributed by atoms with Crippen LogP contribution in [0.25, 0.3) is 0 Å². The van der Waals surface area contributed by atoms with Gasteiger partial charge in [0.05, 0.1) is 6.10 Å². The van der Waals surface area contributed by atoms with Crippen LogP contribution in [0.4, 0.5) is 0 Å². The van der Waals surface area contributed by atoms with Crippen LogP contribution in [-0.2, 0) is 4.74 Å². The molecule has 0 aliphatic heterocycles. The fourth-order valence-electron chi connectivity index (χ4n) is 2.43. The van der Waals surface area contributed by atoms with Gasteiger partial charge in [-0.1, -0.05) is 102 Å². The summed E-state index contributed by atoms with van der Waals surface area (Å²) in [4.78, 5) is 0. The Labute approximate surface area is 162 Å². The average molecular weight is 399 g/mol. The predicted molar refractivity (Wildman–Crippen MR) is 104 cm³/mol. The minimum Gasteiger partial charge on any atom is -0.474 e. The van der Waals surface area contributed by atoms with Gasteiger partial charge in [-0.15, -0.1) is 0 Å². The Morgan fingerprint density at radius 3 is 1.92 bits per heavy atom. The lowest BCUT2D eigenvalue weighted by atomic mass is 9.86. The van der Waals surface area contributed by atoms with Gasteiger partial charge in [-0.2, -0.15) is 0 Å². The van der Waals surface area contributed by atoms with Crippen LogP contribution >= 0.6 is 34.8 Å². The second kappa shape index (κ2) is 9.25. The van der Waals surface area contributed by atoms with Crippen LogP contribution in [0.15, 0.2) is 72.8 Å². The molecule has 0 heterocycles. The Balaban J connectivity index is 2.10. The summed E-state index contributed by atoms with van der Waals surface area (Å²) in [6.07, 6.45) is 2.46. The van der Waals surface area contributed by atoms with E-state index in [0.717, 1.165) is 11.1 Å². The molecule has 0 aliphatic rings. The lowest BCUT2D eigenvalue weighted by Gasteiger charge is -2.22. The van der Waals surface area contributed by atoms with Crippen LogP contribution in [0.1, 0.15) is 17.0 Å². The number of rotatable bonds is 6. The molecule has 0 spiro atoms. The first-order valence-electron chi connectivity index (χ1n) is 7.62. The number of aliphatic hydroxyl groups excluding tert-OH is 1. The first kappa shape index (κ1) is 19.8. The van der Waals surface area contributed by atoms with Crippen molar-refractivity contribution in [1.82, 2.24) is 0 Å². The molecule has 25 heavy (non-hydrogen) atoms. The molecule has 2 aromatic carbocycles. The van der Waals surface area contributed by atoms with E-state index < -0.39 is 15.8 Å². The Morgan fingerprint density at radius 1 is 1.00 bits per heavy atom. The van der Waals surface area contributed by atoms with E-state index in [1.54, 1.807) is 12.2 Å². The molecule has 0 amide bonds. The summed E-state index contributed by atoms with van der Waals surface area (Å²) in [5.41, 5.74) is 2.00.